The summed E-state index contributed by atoms with van der Waals surface area (Å²) < 4.78 is 16.2. The first-order chi connectivity index (χ1) is 9.70. The minimum atomic E-state index is -2.87. The molecule has 0 aliphatic carbocycles. The lowest BCUT2D eigenvalue weighted by atomic mass is 10.1. The highest BCUT2D eigenvalue weighted by Gasteiger charge is 2.46. The second kappa shape index (κ2) is 12.2. The molecular formula is C13H29N3O3Si. The molecule has 0 N–H and O–H groups in total. The van der Waals surface area contributed by atoms with E-state index in [0.29, 0.717) is 0 Å². The van der Waals surface area contributed by atoms with E-state index in [1.165, 1.54) is 32.1 Å². The highest BCUT2D eigenvalue weighted by Crippen LogP contribution is 2.21. The van der Waals surface area contributed by atoms with Crippen LogP contribution in [0.1, 0.15) is 58.3 Å². The first-order valence-electron chi connectivity index (χ1n) is 7.40. The van der Waals surface area contributed by atoms with Crippen molar-refractivity contribution in [2.24, 2.45) is 5.11 Å². The van der Waals surface area contributed by atoms with E-state index in [-0.39, 0.29) is 5.67 Å². The number of hydrogen-bond acceptors (Lipinski definition) is 4. The van der Waals surface area contributed by atoms with Crippen molar-refractivity contribution >= 4 is 8.80 Å². The van der Waals surface area contributed by atoms with Crippen molar-refractivity contribution in [2.75, 3.05) is 21.3 Å². The Balaban J connectivity index is 4.18. The Morgan fingerprint density at radius 3 is 1.90 bits per heavy atom. The summed E-state index contributed by atoms with van der Waals surface area (Å²) in [6.07, 6.45) is 9.29. The lowest BCUT2D eigenvalue weighted by Crippen LogP contribution is -2.53. The molecule has 0 aromatic rings. The van der Waals surface area contributed by atoms with E-state index in [9.17, 15) is 0 Å². The van der Waals surface area contributed by atoms with Crippen molar-refractivity contribution in [1.82, 2.24) is 0 Å². The molecule has 20 heavy (non-hydrogen) atoms. The minimum absolute atomic E-state index is 0.344. The van der Waals surface area contributed by atoms with Crippen LogP contribution in [0.25, 0.3) is 10.4 Å². The van der Waals surface area contributed by atoms with Gasteiger partial charge in [0.05, 0.1) is 0 Å². The molecule has 1 unspecified atom stereocenters. The molecule has 0 aromatic carbocycles. The molecule has 0 aromatic heterocycles. The van der Waals surface area contributed by atoms with E-state index in [0.717, 1.165) is 19.3 Å². The van der Waals surface area contributed by atoms with Crippen molar-refractivity contribution in [3.8, 4) is 0 Å². The number of nitrogens with zero attached hydrogens (tertiary/aromatic N) is 3. The van der Waals surface area contributed by atoms with E-state index in [1.54, 1.807) is 21.3 Å². The fourth-order valence-corrected chi connectivity index (χ4v) is 4.39. The van der Waals surface area contributed by atoms with Gasteiger partial charge >= 0.3 is 8.80 Å². The zero-order valence-electron chi connectivity index (χ0n) is 13.3. The van der Waals surface area contributed by atoms with Crippen LogP contribution in [-0.4, -0.2) is 35.8 Å². The van der Waals surface area contributed by atoms with Crippen LogP contribution in [0.2, 0.25) is 0 Å². The molecule has 7 heteroatoms. The maximum atomic E-state index is 8.70. The van der Waals surface area contributed by atoms with Gasteiger partial charge in [-0.2, -0.15) is 0 Å². The van der Waals surface area contributed by atoms with Crippen LogP contribution >= 0.6 is 0 Å². The normalized spacial score (nSPS) is 13.0. The van der Waals surface area contributed by atoms with Gasteiger partial charge in [-0.25, -0.2) is 0 Å². The fraction of sp³-hybridized carbons (Fsp3) is 1.00. The zero-order valence-corrected chi connectivity index (χ0v) is 14.3. The van der Waals surface area contributed by atoms with Gasteiger partial charge in [0.15, 0.2) is 0 Å². The molecule has 0 bridgehead atoms. The first kappa shape index (κ1) is 19.4. The lowest BCUT2D eigenvalue weighted by molar-refractivity contribution is 0.111. The van der Waals surface area contributed by atoms with Gasteiger partial charge in [-0.15, -0.1) is 0 Å². The summed E-state index contributed by atoms with van der Waals surface area (Å²) in [7, 11) is 1.77. The van der Waals surface area contributed by atoms with Crippen molar-refractivity contribution in [2.45, 2.75) is 64.0 Å². The van der Waals surface area contributed by atoms with Gasteiger partial charge in [0.1, 0.15) is 5.67 Å². The predicted octanol–water partition coefficient (Wildman–Crippen LogP) is 4.22. The van der Waals surface area contributed by atoms with Crippen LogP contribution in [0.15, 0.2) is 5.11 Å². The van der Waals surface area contributed by atoms with E-state index >= 15 is 0 Å². The molecule has 0 aliphatic heterocycles. The molecule has 6 nitrogen and oxygen atoms in total. The van der Waals surface area contributed by atoms with Crippen LogP contribution in [0.5, 0.6) is 0 Å². The summed E-state index contributed by atoms with van der Waals surface area (Å²) in [5, 5.41) is 3.82. The van der Waals surface area contributed by atoms with Crippen LogP contribution in [0.4, 0.5) is 0 Å². The van der Waals surface area contributed by atoms with Crippen LogP contribution in [0, 0.1) is 0 Å². The molecular weight excluding hydrogens is 274 g/mol. The standard InChI is InChI=1S/C13H29N3O3Si/c1-5-6-7-8-9-10-11-12-13(15-16-14)20(17-2,18-3)19-4/h13H,5-12H2,1-4H3. The van der Waals surface area contributed by atoms with Gasteiger partial charge in [-0.3, -0.25) is 0 Å². The predicted molar refractivity (Wildman–Crippen MR) is 82.3 cm³/mol. The first-order valence-corrected chi connectivity index (χ1v) is 9.20. The number of azide groups is 1. The van der Waals surface area contributed by atoms with Gasteiger partial charge in [-0.05, 0) is 12.0 Å². The van der Waals surface area contributed by atoms with Gasteiger partial charge < -0.3 is 13.3 Å². The highest BCUT2D eigenvalue weighted by molar-refractivity contribution is 6.62. The fourth-order valence-electron chi connectivity index (χ4n) is 2.32. The molecule has 0 aliphatic rings. The Morgan fingerprint density at radius 1 is 0.950 bits per heavy atom. The second-order valence-corrected chi connectivity index (χ2v) is 7.94. The molecule has 0 amide bonds. The minimum Gasteiger partial charge on any atom is -0.377 e. The summed E-state index contributed by atoms with van der Waals surface area (Å²) in [5.74, 6) is 0. The molecule has 0 saturated carbocycles. The SMILES string of the molecule is CCCCCCCCCC(N=[N+]=[N-])[Si](OC)(OC)OC. The van der Waals surface area contributed by atoms with E-state index < -0.39 is 8.80 Å². The van der Waals surface area contributed by atoms with Crippen molar-refractivity contribution in [3.05, 3.63) is 10.4 Å². The summed E-state index contributed by atoms with van der Waals surface area (Å²) in [5.41, 5.74) is 8.36. The van der Waals surface area contributed by atoms with E-state index in [1.807, 2.05) is 0 Å². The molecule has 0 rings (SSSR count). The van der Waals surface area contributed by atoms with E-state index in [4.69, 9.17) is 18.8 Å². The Hall–Kier alpha value is -0.593. The molecule has 118 valence electrons. The largest absolute Gasteiger partial charge is 0.509 e. The third-order valence-electron chi connectivity index (χ3n) is 3.53. The summed E-state index contributed by atoms with van der Waals surface area (Å²) in [6.45, 7) is 2.22. The lowest BCUT2D eigenvalue weighted by Gasteiger charge is -2.29. The molecule has 0 fully saturated rings. The highest BCUT2D eigenvalue weighted by atomic mass is 28.4. The molecule has 1 atom stereocenters. The Morgan fingerprint density at radius 2 is 1.45 bits per heavy atom. The Kier molecular flexibility index (Phi) is 11.8. The van der Waals surface area contributed by atoms with Crippen molar-refractivity contribution in [3.63, 3.8) is 0 Å². The van der Waals surface area contributed by atoms with Crippen molar-refractivity contribution < 1.29 is 13.3 Å². The topological polar surface area (TPSA) is 76.5 Å². The molecule has 0 radical (unpaired) electrons. The third-order valence-corrected chi connectivity index (χ3v) is 6.46. The monoisotopic (exact) mass is 303 g/mol. The third kappa shape index (κ3) is 6.72. The smallest absolute Gasteiger partial charge is 0.377 e. The van der Waals surface area contributed by atoms with Crippen LogP contribution < -0.4 is 0 Å². The average Bonchev–Trinajstić information content (AvgIpc) is 2.48. The molecule has 0 saturated heterocycles. The zero-order chi connectivity index (χ0) is 15.3. The van der Waals surface area contributed by atoms with Gasteiger partial charge in [-0.1, -0.05) is 57.0 Å². The number of hydrogen-bond donors (Lipinski definition) is 0. The number of unbranched alkanes of at least 4 members (excludes halogenated alkanes) is 6. The Labute approximate surface area is 123 Å². The van der Waals surface area contributed by atoms with Crippen LogP contribution in [0.3, 0.4) is 0 Å². The van der Waals surface area contributed by atoms with Gasteiger partial charge in [0.25, 0.3) is 0 Å². The molecule has 0 spiro atoms. The summed E-state index contributed by atoms with van der Waals surface area (Å²) in [6, 6.07) is 0. The summed E-state index contributed by atoms with van der Waals surface area (Å²) >= 11 is 0. The molecule has 0 heterocycles. The Bertz CT molecular complexity index is 274. The van der Waals surface area contributed by atoms with Gasteiger partial charge in [0.2, 0.25) is 0 Å². The van der Waals surface area contributed by atoms with Crippen LogP contribution in [-0.2, 0) is 13.3 Å². The van der Waals surface area contributed by atoms with E-state index in [2.05, 4.69) is 16.9 Å². The quantitative estimate of drug-likeness (QED) is 0.168. The maximum absolute atomic E-state index is 8.70. The maximum Gasteiger partial charge on any atom is 0.509 e. The summed E-state index contributed by atoms with van der Waals surface area (Å²) in [4.78, 5) is 2.90. The number of rotatable bonds is 13. The average molecular weight is 303 g/mol. The van der Waals surface area contributed by atoms with Crippen molar-refractivity contribution in [1.29, 1.82) is 0 Å². The van der Waals surface area contributed by atoms with Gasteiger partial charge in [0, 0.05) is 26.2 Å². The second-order valence-electron chi connectivity index (χ2n) is 4.85.